The Bertz CT molecular complexity index is 894. The first kappa shape index (κ1) is 17.1. The topological polar surface area (TPSA) is 105 Å². The number of nitrogens with one attached hydrogen (secondary N) is 1. The van der Waals surface area contributed by atoms with E-state index < -0.39 is 10.8 Å². The summed E-state index contributed by atoms with van der Waals surface area (Å²) in [5.41, 5.74) is 1.24. The molecule has 1 N–H and O–H groups in total. The molecule has 3 rings (SSSR count). The van der Waals surface area contributed by atoms with E-state index in [0.717, 1.165) is 10.4 Å². The maximum absolute atomic E-state index is 12.4. The number of hydrogen-bond donors (Lipinski definition) is 1. The van der Waals surface area contributed by atoms with E-state index in [4.69, 9.17) is 4.74 Å². The molecule has 1 aliphatic heterocycles. The number of nitriles is 1. The fourth-order valence-corrected chi connectivity index (χ4v) is 3.75. The maximum atomic E-state index is 12.4. The summed E-state index contributed by atoms with van der Waals surface area (Å²) in [5, 5.41) is 23.4. The van der Waals surface area contributed by atoms with Crippen LogP contribution in [-0.2, 0) is 17.8 Å². The molecular formula is C17H15N3O4S. The highest BCUT2D eigenvalue weighted by Crippen LogP contribution is 2.40. The summed E-state index contributed by atoms with van der Waals surface area (Å²) in [6.07, 6.45) is 0.606. The van der Waals surface area contributed by atoms with E-state index in [9.17, 15) is 20.2 Å². The molecule has 8 heteroatoms. The van der Waals surface area contributed by atoms with Crippen molar-refractivity contribution in [2.24, 2.45) is 0 Å². The number of benzene rings is 1. The summed E-state index contributed by atoms with van der Waals surface area (Å²) >= 11 is 1.33. The second kappa shape index (κ2) is 6.27. The van der Waals surface area contributed by atoms with Crippen molar-refractivity contribution < 1.29 is 14.5 Å². The van der Waals surface area contributed by atoms with E-state index in [2.05, 4.69) is 11.4 Å². The zero-order chi connectivity index (χ0) is 18.2. The number of thiophene rings is 1. The SMILES string of the molecule is CC1(C)Cc2c(sc(NC(=O)c3ccc([N+](=O)[O-])cc3)c2C#N)CO1. The molecule has 0 spiro atoms. The predicted octanol–water partition coefficient (Wildman–Crippen LogP) is 3.63. The van der Waals surface area contributed by atoms with Crippen LogP contribution in [0.1, 0.15) is 40.2 Å². The minimum Gasteiger partial charge on any atom is -0.370 e. The molecule has 2 aromatic rings. The molecule has 0 saturated carbocycles. The van der Waals surface area contributed by atoms with Crippen LogP contribution in [0.25, 0.3) is 0 Å². The molecule has 0 bridgehead atoms. The van der Waals surface area contributed by atoms with Crippen molar-refractivity contribution in [2.45, 2.75) is 32.5 Å². The predicted molar refractivity (Wildman–Crippen MR) is 92.7 cm³/mol. The molecule has 0 aliphatic carbocycles. The van der Waals surface area contributed by atoms with Gasteiger partial charge < -0.3 is 10.1 Å². The van der Waals surface area contributed by atoms with Gasteiger partial charge in [0, 0.05) is 29.0 Å². The van der Waals surface area contributed by atoms with Gasteiger partial charge in [-0.05, 0) is 31.5 Å². The van der Waals surface area contributed by atoms with Gasteiger partial charge in [0.2, 0.25) is 0 Å². The molecule has 128 valence electrons. The van der Waals surface area contributed by atoms with Gasteiger partial charge in [-0.3, -0.25) is 14.9 Å². The van der Waals surface area contributed by atoms with Crippen LogP contribution >= 0.6 is 11.3 Å². The van der Waals surface area contributed by atoms with Crippen molar-refractivity contribution in [2.75, 3.05) is 5.32 Å². The Morgan fingerprint density at radius 3 is 2.68 bits per heavy atom. The van der Waals surface area contributed by atoms with Crippen molar-refractivity contribution in [3.8, 4) is 6.07 Å². The monoisotopic (exact) mass is 357 g/mol. The van der Waals surface area contributed by atoms with Gasteiger partial charge in [-0.15, -0.1) is 11.3 Å². The third-order valence-corrected chi connectivity index (χ3v) is 5.09. The number of nitrogens with zero attached hydrogens (tertiary/aromatic N) is 2. The average Bonchev–Trinajstić information content (AvgIpc) is 2.89. The number of ether oxygens (including phenoxy) is 1. The van der Waals surface area contributed by atoms with Gasteiger partial charge in [0.05, 0.1) is 22.7 Å². The van der Waals surface area contributed by atoms with E-state index in [1.807, 2.05) is 13.8 Å². The van der Waals surface area contributed by atoms with Gasteiger partial charge in [0.15, 0.2) is 0 Å². The fourth-order valence-electron chi connectivity index (χ4n) is 2.67. The second-order valence-corrected chi connectivity index (χ2v) is 7.41. The van der Waals surface area contributed by atoms with Crippen LogP contribution in [-0.4, -0.2) is 16.4 Å². The van der Waals surface area contributed by atoms with Crippen LogP contribution < -0.4 is 5.32 Å². The molecular weight excluding hydrogens is 342 g/mol. The quantitative estimate of drug-likeness (QED) is 0.667. The Balaban J connectivity index is 1.86. The number of carbonyl (C=O) groups excluding carboxylic acids is 1. The molecule has 2 heterocycles. The first-order valence-corrected chi connectivity index (χ1v) is 8.37. The van der Waals surface area contributed by atoms with Crippen LogP contribution in [0.3, 0.4) is 0 Å². The molecule has 0 radical (unpaired) electrons. The highest BCUT2D eigenvalue weighted by atomic mass is 32.1. The van der Waals surface area contributed by atoms with Crippen LogP contribution in [0.4, 0.5) is 10.7 Å². The fraction of sp³-hybridized carbons (Fsp3) is 0.294. The third kappa shape index (κ3) is 3.38. The molecule has 7 nitrogen and oxygen atoms in total. The molecule has 1 amide bonds. The molecule has 0 saturated heterocycles. The lowest BCUT2D eigenvalue weighted by Crippen LogP contribution is -2.31. The van der Waals surface area contributed by atoms with E-state index in [1.165, 1.54) is 35.6 Å². The molecule has 0 atom stereocenters. The second-order valence-electron chi connectivity index (χ2n) is 6.30. The number of hydrogen-bond acceptors (Lipinski definition) is 6. The summed E-state index contributed by atoms with van der Waals surface area (Å²) in [6.45, 7) is 4.34. The summed E-state index contributed by atoms with van der Waals surface area (Å²) in [5.74, 6) is -0.412. The Hall–Kier alpha value is -2.76. The zero-order valence-corrected chi connectivity index (χ0v) is 14.5. The number of rotatable bonds is 3. The van der Waals surface area contributed by atoms with Crippen molar-refractivity contribution in [3.05, 3.63) is 55.9 Å². The summed E-state index contributed by atoms with van der Waals surface area (Å²) in [7, 11) is 0. The number of non-ortho nitro benzene ring substituents is 1. The zero-order valence-electron chi connectivity index (χ0n) is 13.7. The minimum atomic E-state index is -0.523. The maximum Gasteiger partial charge on any atom is 0.269 e. The average molecular weight is 357 g/mol. The highest BCUT2D eigenvalue weighted by Gasteiger charge is 2.31. The van der Waals surface area contributed by atoms with Gasteiger partial charge in [0.25, 0.3) is 11.6 Å². The van der Waals surface area contributed by atoms with Crippen LogP contribution in [0, 0.1) is 21.4 Å². The Morgan fingerprint density at radius 2 is 2.08 bits per heavy atom. The van der Waals surface area contributed by atoms with Gasteiger partial charge in [-0.1, -0.05) is 0 Å². The minimum absolute atomic E-state index is 0.0831. The van der Waals surface area contributed by atoms with E-state index in [1.54, 1.807) is 0 Å². The van der Waals surface area contributed by atoms with E-state index in [-0.39, 0.29) is 16.9 Å². The van der Waals surface area contributed by atoms with Crippen LogP contribution in [0.5, 0.6) is 0 Å². The van der Waals surface area contributed by atoms with Crippen molar-refractivity contribution >= 4 is 27.9 Å². The first-order valence-electron chi connectivity index (χ1n) is 7.55. The highest BCUT2D eigenvalue weighted by molar-refractivity contribution is 7.16. The van der Waals surface area contributed by atoms with E-state index in [0.29, 0.717) is 23.6 Å². The van der Waals surface area contributed by atoms with Crippen molar-refractivity contribution in [3.63, 3.8) is 0 Å². The molecule has 25 heavy (non-hydrogen) atoms. The lowest BCUT2D eigenvalue weighted by molar-refractivity contribution is -0.384. The number of carbonyl (C=O) groups is 1. The lowest BCUT2D eigenvalue weighted by Gasteiger charge is -2.29. The molecule has 0 unspecified atom stereocenters. The number of anilines is 1. The number of amides is 1. The summed E-state index contributed by atoms with van der Waals surface area (Å²) in [4.78, 5) is 23.5. The van der Waals surface area contributed by atoms with Gasteiger partial charge in [-0.2, -0.15) is 5.26 Å². The summed E-state index contributed by atoms with van der Waals surface area (Å²) in [6, 6.07) is 7.50. The smallest absolute Gasteiger partial charge is 0.269 e. The molecule has 1 aliphatic rings. The van der Waals surface area contributed by atoms with Crippen LogP contribution in [0.15, 0.2) is 24.3 Å². The van der Waals surface area contributed by atoms with E-state index >= 15 is 0 Å². The molecule has 1 aromatic carbocycles. The first-order chi connectivity index (χ1) is 11.8. The molecule has 1 aromatic heterocycles. The van der Waals surface area contributed by atoms with Gasteiger partial charge in [-0.25, -0.2) is 0 Å². The third-order valence-electron chi connectivity index (χ3n) is 3.97. The Morgan fingerprint density at radius 1 is 1.40 bits per heavy atom. The summed E-state index contributed by atoms with van der Waals surface area (Å²) < 4.78 is 5.75. The molecule has 0 fully saturated rings. The van der Waals surface area contributed by atoms with Crippen molar-refractivity contribution in [1.29, 1.82) is 5.26 Å². The van der Waals surface area contributed by atoms with Gasteiger partial charge >= 0.3 is 0 Å². The lowest BCUT2D eigenvalue weighted by atomic mass is 9.93. The Kier molecular flexibility index (Phi) is 4.29. The standard InChI is InChI=1S/C17H15N3O4S/c1-17(2)7-12-13(8-18)16(25-14(12)9-24-17)19-15(21)10-3-5-11(6-4-10)20(22)23/h3-6H,7,9H2,1-2H3,(H,19,21). The largest absolute Gasteiger partial charge is 0.370 e. The normalized spacial score (nSPS) is 15.1. The van der Waals surface area contributed by atoms with Gasteiger partial charge in [0.1, 0.15) is 11.1 Å². The number of nitro benzene ring substituents is 1. The van der Waals surface area contributed by atoms with Crippen molar-refractivity contribution in [1.82, 2.24) is 0 Å². The Labute approximate surface area is 148 Å². The number of nitro groups is 1. The van der Waals surface area contributed by atoms with Crippen LogP contribution in [0.2, 0.25) is 0 Å². The number of fused-ring (bicyclic) bond motifs is 1.